The van der Waals surface area contributed by atoms with Crippen LogP contribution >= 0.6 is 11.6 Å². The SMILES string of the molecule is COc1cc(OC)cc(-c2cc3cc(Cl)ccc3[nH]2)c1. The minimum Gasteiger partial charge on any atom is -0.497 e. The monoisotopic (exact) mass is 287 g/mol. The maximum absolute atomic E-state index is 6.02. The third kappa shape index (κ3) is 2.32. The quantitative estimate of drug-likeness (QED) is 0.769. The summed E-state index contributed by atoms with van der Waals surface area (Å²) in [6, 6.07) is 13.6. The van der Waals surface area contributed by atoms with Gasteiger partial charge in [-0.2, -0.15) is 0 Å². The van der Waals surface area contributed by atoms with Crippen molar-refractivity contribution in [3.63, 3.8) is 0 Å². The Bertz CT molecular complexity index is 742. The fourth-order valence-corrected chi connectivity index (χ4v) is 2.40. The molecule has 0 saturated carbocycles. The predicted octanol–water partition coefficient (Wildman–Crippen LogP) is 4.51. The van der Waals surface area contributed by atoms with Gasteiger partial charge in [-0.05, 0) is 36.4 Å². The van der Waals surface area contributed by atoms with Crippen LogP contribution < -0.4 is 9.47 Å². The van der Waals surface area contributed by atoms with Gasteiger partial charge in [0.2, 0.25) is 0 Å². The second-order valence-electron chi connectivity index (χ2n) is 4.52. The summed E-state index contributed by atoms with van der Waals surface area (Å²) in [7, 11) is 3.28. The largest absolute Gasteiger partial charge is 0.497 e. The highest BCUT2D eigenvalue weighted by Crippen LogP contribution is 2.31. The van der Waals surface area contributed by atoms with Crippen LogP contribution in [-0.2, 0) is 0 Å². The zero-order valence-electron chi connectivity index (χ0n) is 11.2. The van der Waals surface area contributed by atoms with Crippen LogP contribution in [0.5, 0.6) is 11.5 Å². The molecule has 1 heterocycles. The third-order valence-electron chi connectivity index (χ3n) is 3.25. The average molecular weight is 288 g/mol. The summed E-state index contributed by atoms with van der Waals surface area (Å²) in [4.78, 5) is 3.37. The van der Waals surface area contributed by atoms with Gasteiger partial charge in [0.15, 0.2) is 0 Å². The summed E-state index contributed by atoms with van der Waals surface area (Å²) in [5.41, 5.74) is 3.05. The Kier molecular flexibility index (Phi) is 3.28. The zero-order chi connectivity index (χ0) is 14.1. The summed E-state index contributed by atoms with van der Waals surface area (Å²) in [5.74, 6) is 1.52. The lowest BCUT2D eigenvalue weighted by Gasteiger charge is -2.07. The number of rotatable bonds is 3. The average Bonchev–Trinajstić information content (AvgIpc) is 2.89. The number of H-pyrrole nitrogens is 1. The van der Waals surface area contributed by atoms with E-state index >= 15 is 0 Å². The van der Waals surface area contributed by atoms with E-state index in [1.165, 1.54) is 0 Å². The van der Waals surface area contributed by atoms with Gasteiger partial charge in [0.25, 0.3) is 0 Å². The molecule has 3 aromatic rings. The molecule has 3 rings (SSSR count). The highest BCUT2D eigenvalue weighted by molar-refractivity contribution is 6.31. The first-order valence-electron chi connectivity index (χ1n) is 6.21. The summed E-state index contributed by atoms with van der Waals surface area (Å²) in [5, 5.41) is 1.81. The Morgan fingerprint density at radius 1 is 0.900 bits per heavy atom. The van der Waals surface area contributed by atoms with Gasteiger partial charge in [0.1, 0.15) is 11.5 Å². The predicted molar refractivity (Wildman–Crippen MR) is 81.8 cm³/mol. The van der Waals surface area contributed by atoms with E-state index in [0.29, 0.717) is 0 Å². The van der Waals surface area contributed by atoms with E-state index in [0.717, 1.165) is 38.7 Å². The van der Waals surface area contributed by atoms with Crippen molar-refractivity contribution < 1.29 is 9.47 Å². The van der Waals surface area contributed by atoms with Gasteiger partial charge < -0.3 is 14.5 Å². The van der Waals surface area contributed by atoms with Gasteiger partial charge in [-0.3, -0.25) is 0 Å². The van der Waals surface area contributed by atoms with Crippen molar-refractivity contribution in [2.45, 2.75) is 0 Å². The van der Waals surface area contributed by atoms with E-state index in [4.69, 9.17) is 21.1 Å². The van der Waals surface area contributed by atoms with Gasteiger partial charge in [0.05, 0.1) is 14.2 Å². The molecule has 0 aliphatic heterocycles. The first kappa shape index (κ1) is 12.9. The fraction of sp³-hybridized carbons (Fsp3) is 0.125. The number of ether oxygens (including phenoxy) is 2. The van der Waals surface area contributed by atoms with Gasteiger partial charge in [-0.25, -0.2) is 0 Å². The van der Waals surface area contributed by atoms with Crippen LogP contribution in [0.3, 0.4) is 0 Å². The molecule has 0 atom stereocenters. The molecule has 2 aromatic carbocycles. The maximum Gasteiger partial charge on any atom is 0.123 e. The molecule has 0 bridgehead atoms. The highest BCUT2D eigenvalue weighted by atomic mass is 35.5. The maximum atomic E-state index is 6.02. The van der Waals surface area contributed by atoms with Crippen molar-refractivity contribution in [3.05, 3.63) is 47.5 Å². The molecule has 102 valence electrons. The van der Waals surface area contributed by atoms with Crippen molar-refractivity contribution in [2.75, 3.05) is 14.2 Å². The van der Waals surface area contributed by atoms with Crippen LogP contribution in [0.2, 0.25) is 5.02 Å². The Morgan fingerprint density at radius 2 is 1.60 bits per heavy atom. The van der Waals surface area contributed by atoms with Crippen LogP contribution in [0.15, 0.2) is 42.5 Å². The van der Waals surface area contributed by atoms with Crippen molar-refractivity contribution in [1.82, 2.24) is 4.98 Å². The first-order valence-corrected chi connectivity index (χ1v) is 6.59. The standard InChI is InChI=1S/C16H14ClNO2/c1-19-13-6-11(7-14(9-13)20-2)16-8-10-5-12(17)3-4-15(10)18-16/h3-9,18H,1-2H3. The molecule has 4 heteroatoms. The third-order valence-corrected chi connectivity index (χ3v) is 3.48. The second-order valence-corrected chi connectivity index (χ2v) is 4.95. The van der Waals surface area contributed by atoms with E-state index in [9.17, 15) is 0 Å². The van der Waals surface area contributed by atoms with Crippen LogP contribution in [0.25, 0.3) is 22.2 Å². The van der Waals surface area contributed by atoms with Crippen molar-refractivity contribution in [2.24, 2.45) is 0 Å². The number of aromatic nitrogens is 1. The number of methoxy groups -OCH3 is 2. The molecule has 0 unspecified atom stereocenters. The van der Waals surface area contributed by atoms with E-state index in [2.05, 4.69) is 11.1 Å². The number of nitrogens with one attached hydrogen (secondary N) is 1. The molecule has 1 N–H and O–H groups in total. The minimum absolute atomic E-state index is 0.728. The molecular formula is C16H14ClNO2. The molecule has 3 nitrogen and oxygen atoms in total. The summed E-state index contributed by atoms with van der Waals surface area (Å²) in [6.07, 6.45) is 0. The Hall–Kier alpha value is -2.13. The van der Waals surface area contributed by atoms with Crippen LogP contribution in [-0.4, -0.2) is 19.2 Å². The summed E-state index contributed by atoms with van der Waals surface area (Å²) in [6.45, 7) is 0. The number of hydrogen-bond acceptors (Lipinski definition) is 2. The normalized spacial score (nSPS) is 10.8. The summed E-state index contributed by atoms with van der Waals surface area (Å²) >= 11 is 6.02. The molecule has 1 aromatic heterocycles. The van der Waals surface area contributed by atoms with Crippen LogP contribution in [0, 0.1) is 0 Å². The number of benzene rings is 2. The van der Waals surface area contributed by atoms with Gasteiger partial charge >= 0.3 is 0 Å². The van der Waals surface area contributed by atoms with Crippen LogP contribution in [0.1, 0.15) is 0 Å². The number of halogens is 1. The highest BCUT2D eigenvalue weighted by Gasteiger charge is 2.07. The van der Waals surface area contributed by atoms with Crippen molar-refractivity contribution in [1.29, 1.82) is 0 Å². The molecule has 0 saturated heterocycles. The van der Waals surface area contributed by atoms with Crippen molar-refractivity contribution in [3.8, 4) is 22.8 Å². The van der Waals surface area contributed by atoms with E-state index < -0.39 is 0 Å². The molecular weight excluding hydrogens is 274 g/mol. The Balaban J connectivity index is 2.14. The van der Waals surface area contributed by atoms with Gasteiger partial charge in [0, 0.05) is 33.2 Å². The zero-order valence-corrected chi connectivity index (χ0v) is 12.0. The lowest BCUT2D eigenvalue weighted by atomic mass is 10.1. The smallest absolute Gasteiger partial charge is 0.123 e. The van der Waals surface area contributed by atoms with E-state index in [-0.39, 0.29) is 0 Å². The van der Waals surface area contributed by atoms with Gasteiger partial charge in [-0.1, -0.05) is 11.6 Å². The minimum atomic E-state index is 0.728. The van der Waals surface area contributed by atoms with E-state index in [1.807, 2.05) is 36.4 Å². The first-order chi connectivity index (χ1) is 9.69. The molecule has 0 amide bonds. The lowest BCUT2D eigenvalue weighted by Crippen LogP contribution is -1.88. The number of aromatic amines is 1. The van der Waals surface area contributed by atoms with Crippen LogP contribution in [0.4, 0.5) is 0 Å². The number of hydrogen-bond donors (Lipinski definition) is 1. The molecule has 20 heavy (non-hydrogen) atoms. The molecule has 0 aliphatic rings. The van der Waals surface area contributed by atoms with E-state index in [1.54, 1.807) is 14.2 Å². The fourth-order valence-electron chi connectivity index (χ4n) is 2.22. The molecule has 0 radical (unpaired) electrons. The Morgan fingerprint density at radius 3 is 2.25 bits per heavy atom. The second kappa shape index (κ2) is 5.10. The molecule has 0 aliphatic carbocycles. The molecule has 0 fully saturated rings. The Labute approximate surface area is 122 Å². The lowest BCUT2D eigenvalue weighted by molar-refractivity contribution is 0.394. The molecule has 0 spiro atoms. The summed E-state index contributed by atoms with van der Waals surface area (Å²) < 4.78 is 10.6. The van der Waals surface area contributed by atoms with Crippen molar-refractivity contribution >= 4 is 22.5 Å². The number of fused-ring (bicyclic) bond motifs is 1. The topological polar surface area (TPSA) is 34.2 Å². The van der Waals surface area contributed by atoms with Gasteiger partial charge in [-0.15, -0.1) is 0 Å².